The first-order chi connectivity index (χ1) is 12.2. The molecule has 148 valence electrons. The lowest BCUT2D eigenvalue weighted by atomic mass is 10.0. The lowest BCUT2D eigenvalue weighted by Crippen LogP contribution is -2.30. The zero-order chi connectivity index (χ0) is 20.6. The number of hydrogen-bond acceptors (Lipinski definition) is 5. The fourth-order valence-corrected chi connectivity index (χ4v) is 2.82. The second-order valence-corrected chi connectivity index (χ2v) is 8.17. The Morgan fingerprint density at radius 1 is 1.07 bits per heavy atom. The maximum atomic E-state index is 12.8. The minimum Gasteiger partial charge on any atom is -0.479 e. The average molecular weight is 406 g/mol. The quantitative estimate of drug-likeness (QED) is 0.596. The normalized spacial score (nSPS) is 14.1. The molecule has 0 bridgehead atoms. The number of ether oxygens (including phenoxy) is 1. The Morgan fingerprint density at radius 3 is 2.19 bits per heavy atom. The van der Waals surface area contributed by atoms with Gasteiger partial charge >= 0.3 is 21.6 Å². The van der Waals surface area contributed by atoms with Crippen molar-refractivity contribution in [2.24, 2.45) is 0 Å². The number of alkyl halides is 3. The molecule has 0 saturated carbocycles. The predicted octanol–water partition coefficient (Wildman–Crippen LogP) is 4.01. The second kappa shape index (κ2) is 7.01. The Labute approximate surface area is 153 Å². The number of carboxylic acids is 1. The third-order valence-corrected chi connectivity index (χ3v) is 4.32. The fraction of sp³-hybridized carbons (Fsp3) is 0.353. The average Bonchev–Trinajstić information content (AvgIpc) is 2.51. The highest BCUT2D eigenvalue weighted by Gasteiger charge is 2.49. The molecule has 0 aromatic heterocycles. The van der Waals surface area contributed by atoms with Crippen molar-refractivity contribution >= 4 is 26.9 Å². The van der Waals surface area contributed by atoms with Gasteiger partial charge in [-0.1, -0.05) is 36.4 Å². The zero-order valence-corrected chi connectivity index (χ0v) is 15.4. The molecule has 2 aromatic rings. The minimum absolute atomic E-state index is 0.00610. The molecule has 2 rings (SSSR count). The van der Waals surface area contributed by atoms with Crippen molar-refractivity contribution in [2.75, 3.05) is 0 Å². The number of carbonyl (C=O) groups is 1. The molecular formula is C17H17F3O6S. The number of halogens is 3. The first-order valence-electron chi connectivity index (χ1n) is 7.66. The lowest BCUT2D eigenvalue weighted by molar-refractivity contribution is -0.160. The Balaban J connectivity index is 2.74. The van der Waals surface area contributed by atoms with E-state index in [0.29, 0.717) is 5.39 Å². The maximum absolute atomic E-state index is 12.8. The molecule has 0 amide bonds. The van der Waals surface area contributed by atoms with Crippen molar-refractivity contribution in [1.82, 2.24) is 0 Å². The van der Waals surface area contributed by atoms with Crippen LogP contribution >= 0.6 is 0 Å². The van der Waals surface area contributed by atoms with Crippen LogP contribution in [0.5, 0.6) is 5.75 Å². The highest BCUT2D eigenvalue weighted by atomic mass is 32.2. The number of carboxylic acid groups (broad SMARTS) is 1. The topological polar surface area (TPSA) is 89.9 Å². The molecule has 0 heterocycles. The summed E-state index contributed by atoms with van der Waals surface area (Å²) in [5.41, 5.74) is -7.00. The van der Waals surface area contributed by atoms with E-state index in [1.807, 2.05) is 0 Å². The van der Waals surface area contributed by atoms with Crippen LogP contribution in [-0.4, -0.2) is 30.6 Å². The van der Waals surface area contributed by atoms with E-state index in [9.17, 15) is 31.5 Å². The molecule has 10 heteroatoms. The van der Waals surface area contributed by atoms with Crippen molar-refractivity contribution in [3.05, 3.63) is 42.0 Å². The Hall–Kier alpha value is -2.33. The van der Waals surface area contributed by atoms with E-state index >= 15 is 0 Å². The van der Waals surface area contributed by atoms with Crippen LogP contribution in [0.3, 0.4) is 0 Å². The molecule has 0 aliphatic rings. The van der Waals surface area contributed by atoms with Gasteiger partial charge in [0.2, 0.25) is 0 Å². The number of hydrogen-bond donors (Lipinski definition) is 1. The summed E-state index contributed by atoms with van der Waals surface area (Å²) in [4.78, 5) is 11.7. The van der Waals surface area contributed by atoms with E-state index in [1.54, 1.807) is 26.8 Å². The summed E-state index contributed by atoms with van der Waals surface area (Å²) in [6.07, 6.45) is -1.74. The van der Waals surface area contributed by atoms with Crippen LogP contribution in [0.25, 0.3) is 10.8 Å². The third kappa shape index (κ3) is 4.69. The van der Waals surface area contributed by atoms with E-state index < -0.39 is 39.1 Å². The van der Waals surface area contributed by atoms with Crippen molar-refractivity contribution in [3.63, 3.8) is 0 Å². The smallest absolute Gasteiger partial charge is 0.479 e. The monoisotopic (exact) mass is 406 g/mol. The van der Waals surface area contributed by atoms with E-state index in [4.69, 9.17) is 4.74 Å². The van der Waals surface area contributed by atoms with Crippen LogP contribution in [0, 0.1) is 0 Å². The Morgan fingerprint density at radius 2 is 1.67 bits per heavy atom. The standard InChI is InChI=1S/C17H17F3O6S/c1-16(2,3)25-14(15(21)22)12-9-8-10-6-4-5-7-11(10)13(12)26-27(23,24)17(18,19)20/h4-9,14H,1-3H3,(H,21,22). The maximum Gasteiger partial charge on any atom is 0.534 e. The van der Waals surface area contributed by atoms with Gasteiger partial charge < -0.3 is 14.0 Å². The summed E-state index contributed by atoms with van der Waals surface area (Å²) < 4.78 is 71.4. The Kier molecular flexibility index (Phi) is 5.44. The first kappa shape index (κ1) is 21.0. The Bertz CT molecular complexity index is 961. The molecule has 0 aliphatic heterocycles. The molecule has 0 saturated heterocycles. The van der Waals surface area contributed by atoms with E-state index in [0.717, 1.165) is 0 Å². The molecule has 1 atom stereocenters. The summed E-state index contributed by atoms with van der Waals surface area (Å²) in [6, 6.07) is 8.51. The van der Waals surface area contributed by atoms with Gasteiger partial charge in [0.25, 0.3) is 0 Å². The lowest BCUT2D eigenvalue weighted by Gasteiger charge is -2.26. The number of rotatable bonds is 5. The number of benzene rings is 2. The molecule has 1 unspecified atom stereocenters. The van der Waals surface area contributed by atoms with E-state index in [-0.39, 0.29) is 10.9 Å². The first-order valence-corrected chi connectivity index (χ1v) is 9.07. The van der Waals surface area contributed by atoms with Gasteiger partial charge in [0.15, 0.2) is 11.9 Å². The van der Waals surface area contributed by atoms with Gasteiger partial charge in [-0.15, -0.1) is 0 Å². The van der Waals surface area contributed by atoms with Gasteiger partial charge in [0, 0.05) is 10.9 Å². The highest BCUT2D eigenvalue weighted by Crippen LogP contribution is 2.39. The summed E-state index contributed by atoms with van der Waals surface area (Å²) in [7, 11) is -6.02. The summed E-state index contributed by atoms with van der Waals surface area (Å²) in [5.74, 6) is -2.24. The van der Waals surface area contributed by atoms with Crippen LogP contribution in [0.15, 0.2) is 36.4 Å². The molecule has 2 aromatic carbocycles. The van der Waals surface area contributed by atoms with Gasteiger partial charge in [-0.2, -0.15) is 21.6 Å². The molecule has 27 heavy (non-hydrogen) atoms. The van der Waals surface area contributed by atoms with E-state index in [1.165, 1.54) is 30.3 Å². The number of aliphatic carboxylic acids is 1. The fourth-order valence-electron chi connectivity index (χ4n) is 2.32. The molecule has 1 N–H and O–H groups in total. The van der Waals surface area contributed by atoms with Crippen LogP contribution in [0.2, 0.25) is 0 Å². The summed E-state index contributed by atoms with van der Waals surface area (Å²) in [5, 5.41) is 9.87. The van der Waals surface area contributed by atoms with Crippen molar-refractivity contribution in [3.8, 4) is 5.75 Å². The number of fused-ring (bicyclic) bond motifs is 1. The van der Waals surface area contributed by atoms with Crippen LogP contribution in [0.4, 0.5) is 13.2 Å². The highest BCUT2D eigenvalue weighted by molar-refractivity contribution is 7.88. The van der Waals surface area contributed by atoms with Gasteiger partial charge in [0.05, 0.1) is 5.60 Å². The summed E-state index contributed by atoms with van der Waals surface area (Å²) in [6.45, 7) is 4.66. The molecular weight excluding hydrogens is 389 g/mol. The van der Waals surface area contributed by atoms with Gasteiger partial charge in [-0.3, -0.25) is 0 Å². The van der Waals surface area contributed by atoms with Crippen LogP contribution in [-0.2, 0) is 19.6 Å². The molecule has 0 radical (unpaired) electrons. The molecule has 0 aliphatic carbocycles. The van der Waals surface area contributed by atoms with Crippen LogP contribution < -0.4 is 4.18 Å². The van der Waals surface area contributed by atoms with Crippen LogP contribution in [0.1, 0.15) is 32.4 Å². The third-order valence-electron chi connectivity index (χ3n) is 3.36. The predicted molar refractivity (Wildman–Crippen MR) is 90.8 cm³/mol. The SMILES string of the molecule is CC(C)(C)OC(C(=O)O)c1ccc2ccccc2c1OS(=O)(=O)C(F)(F)F. The largest absolute Gasteiger partial charge is 0.534 e. The van der Waals surface area contributed by atoms with Crippen molar-refractivity contribution < 1.29 is 40.4 Å². The van der Waals surface area contributed by atoms with Gasteiger partial charge in [-0.05, 0) is 26.2 Å². The van der Waals surface area contributed by atoms with Gasteiger partial charge in [0.1, 0.15) is 0 Å². The van der Waals surface area contributed by atoms with Gasteiger partial charge in [-0.25, -0.2) is 4.79 Å². The molecule has 6 nitrogen and oxygen atoms in total. The van der Waals surface area contributed by atoms with Crippen molar-refractivity contribution in [2.45, 2.75) is 38.0 Å². The summed E-state index contributed by atoms with van der Waals surface area (Å²) >= 11 is 0. The zero-order valence-electron chi connectivity index (χ0n) is 14.6. The minimum atomic E-state index is -6.02. The molecule has 0 spiro atoms. The molecule has 0 fully saturated rings. The van der Waals surface area contributed by atoms with E-state index in [2.05, 4.69) is 4.18 Å². The second-order valence-electron chi connectivity index (χ2n) is 6.64. The van der Waals surface area contributed by atoms with Crippen molar-refractivity contribution in [1.29, 1.82) is 0 Å².